The van der Waals surface area contributed by atoms with E-state index in [0.29, 0.717) is 17.2 Å². The summed E-state index contributed by atoms with van der Waals surface area (Å²) < 4.78 is 4.73. The van der Waals surface area contributed by atoms with Gasteiger partial charge in [0.05, 0.1) is 18.2 Å². The first kappa shape index (κ1) is 23.5. The molecular weight excluding hydrogens is 426 g/mol. The van der Waals surface area contributed by atoms with Crippen molar-refractivity contribution in [3.8, 4) is 0 Å². The Morgan fingerprint density at radius 3 is 2.38 bits per heavy atom. The summed E-state index contributed by atoms with van der Waals surface area (Å²) in [4.78, 5) is 29.1. The molecule has 1 fully saturated rings. The molecule has 1 aliphatic rings. The van der Waals surface area contributed by atoms with Crippen LogP contribution in [0.1, 0.15) is 52.0 Å². The summed E-state index contributed by atoms with van der Waals surface area (Å²) in [5.41, 5.74) is 3.06. The molecule has 2 aromatic carbocycles. The summed E-state index contributed by atoms with van der Waals surface area (Å²) in [6.07, 6.45) is 3.71. The first-order valence-corrected chi connectivity index (χ1v) is 10.7. The molecule has 0 bridgehead atoms. The number of halogens is 1. The number of rotatable bonds is 5. The van der Waals surface area contributed by atoms with Crippen LogP contribution in [-0.4, -0.2) is 36.1 Å². The van der Waals surface area contributed by atoms with Crippen molar-refractivity contribution in [2.45, 2.75) is 44.7 Å². The second kappa shape index (κ2) is 10.5. The van der Waals surface area contributed by atoms with Crippen molar-refractivity contribution in [3.63, 3.8) is 0 Å². The molecule has 0 spiro atoms. The number of fused-ring (bicyclic) bond motifs is 1. The maximum Gasteiger partial charge on any atom is 0.337 e. The van der Waals surface area contributed by atoms with Gasteiger partial charge in [-0.1, -0.05) is 24.3 Å². The van der Waals surface area contributed by atoms with E-state index in [1.807, 2.05) is 18.2 Å². The highest BCUT2D eigenvalue weighted by Gasteiger charge is 2.23. The Morgan fingerprint density at radius 1 is 0.938 bits per heavy atom. The third kappa shape index (κ3) is 5.37. The number of benzene rings is 2. The number of aromatic nitrogens is 1. The van der Waals surface area contributed by atoms with Gasteiger partial charge in [-0.05, 0) is 68.5 Å². The number of hydrogen-bond donors (Lipinski definition) is 2. The van der Waals surface area contributed by atoms with Gasteiger partial charge in [0.25, 0.3) is 5.91 Å². The fourth-order valence-electron chi connectivity index (χ4n) is 4.19. The third-order valence-corrected chi connectivity index (χ3v) is 5.88. The van der Waals surface area contributed by atoms with Gasteiger partial charge in [-0.3, -0.25) is 4.79 Å². The number of nitrogens with zero attached hydrogens (tertiary/aromatic N) is 1. The number of esters is 1. The standard InChI is InChI=1S/C25H27N3O3.ClH/c1-16-14-23(28-22-9-4-3-8-21(16)22)26-19-10-12-20(13-11-19)27-24(29)17-6-5-7-18(15-17)25(30)31-2;/h3-9,14-15,19-20H,10-13H2,1-2H3,(H,26,28)(H,27,29);1H/t19-,20+;. The number of amides is 1. The second-order valence-corrected chi connectivity index (χ2v) is 8.08. The molecule has 1 amide bonds. The molecule has 2 N–H and O–H groups in total. The SMILES string of the molecule is COC(=O)c1cccc(C(=O)N[C@H]2CC[C@@H](Nc3cc(C)c4ccccc4n3)CC2)c1.Cl. The average molecular weight is 454 g/mol. The molecule has 1 aliphatic carbocycles. The highest BCUT2D eigenvalue weighted by Crippen LogP contribution is 2.25. The molecular formula is C25H28ClN3O3. The number of hydrogen-bond acceptors (Lipinski definition) is 5. The summed E-state index contributed by atoms with van der Waals surface area (Å²) in [6, 6.07) is 17.4. The zero-order chi connectivity index (χ0) is 21.8. The summed E-state index contributed by atoms with van der Waals surface area (Å²) in [6.45, 7) is 2.11. The smallest absolute Gasteiger partial charge is 0.337 e. The van der Waals surface area contributed by atoms with E-state index in [2.05, 4.69) is 29.7 Å². The average Bonchev–Trinajstić information content (AvgIpc) is 2.80. The van der Waals surface area contributed by atoms with E-state index in [0.717, 1.165) is 37.0 Å². The van der Waals surface area contributed by atoms with Crippen LogP contribution < -0.4 is 10.6 Å². The lowest BCUT2D eigenvalue weighted by molar-refractivity contribution is 0.0600. The van der Waals surface area contributed by atoms with Crippen molar-refractivity contribution in [1.82, 2.24) is 10.3 Å². The van der Waals surface area contributed by atoms with Crippen LogP contribution in [0.25, 0.3) is 10.9 Å². The highest BCUT2D eigenvalue weighted by atomic mass is 35.5. The lowest BCUT2D eigenvalue weighted by atomic mass is 9.91. The number of carbonyl (C=O) groups excluding carboxylic acids is 2. The maximum absolute atomic E-state index is 12.6. The van der Waals surface area contributed by atoms with Crippen LogP contribution in [0.2, 0.25) is 0 Å². The van der Waals surface area contributed by atoms with Gasteiger partial charge in [0.2, 0.25) is 0 Å². The number of carbonyl (C=O) groups is 2. The topological polar surface area (TPSA) is 80.3 Å². The van der Waals surface area contributed by atoms with Crippen LogP contribution in [0.3, 0.4) is 0 Å². The molecule has 32 heavy (non-hydrogen) atoms. The molecule has 0 unspecified atom stereocenters. The summed E-state index contributed by atoms with van der Waals surface area (Å²) >= 11 is 0. The molecule has 0 aliphatic heterocycles. The summed E-state index contributed by atoms with van der Waals surface area (Å²) in [5.74, 6) is 0.302. The van der Waals surface area contributed by atoms with Gasteiger partial charge < -0.3 is 15.4 Å². The molecule has 4 rings (SSSR count). The molecule has 0 radical (unpaired) electrons. The summed E-state index contributed by atoms with van der Waals surface area (Å²) in [7, 11) is 1.33. The van der Waals surface area contributed by atoms with Crippen LogP contribution in [0, 0.1) is 6.92 Å². The zero-order valence-corrected chi connectivity index (χ0v) is 19.1. The Bertz CT molecular complexity index is 1110. The fourth-order valence-corrected chi connectivity index (χ4v) is 4.19. The Labute approximate surface area is 194 Å². The van der Waals surface area contributed by atoms with E-state index in [1.165, 1.54) is 18.1 Å². The normalized spacial score (nSPS) is 17.8. The third-order valence-electron chi connectivity index (χ3n) is 5.88. The van der Waals surface area contributed by atoms with Crippen LogP contribution in [-0.2, 0) is 4.74 Å². The number of aryl methyl sites for hydroxylation is 1. The van der Waals surface area contributed by atoms with Gasteiger partial charge in [-0.25, -0.2) is 9.78 Å². The van der Waals surface area contributed by atoms with Crippen LogP contribution >= 0.6 is 12.4 Å². The molecule has 1 aromatic heterocycles. The van der Waals surface area contributed by atoms with Crippen molar-refractivity contribution in [2.24, 2.45) is 0 Å². The Balaban J connectivity index is 0.00000289. The minimum absolute atomic E-state index is 0. The van der Waals surface area contributed by atoms with Crippen molar-refractivity contribution in [3.05, 3.63) is 71.3 Å². The van der Waals surface area contributed by atoms with Gasteiger partial charge >= 0.3 is 5.97 Å². The number of methoxy groups -OCH3 is 1. The van der Waals surface area contributed by atoms with Crippen molar-refractivity contribution >= 4 is 41.0 Å². The predicted molar refractivity (Wildman–Crippen MR) is 129 cm³/mol. The number of pyridine rings is 1. The van der Waals surface area contributed by atoms with Gasteiger partial charge in [-0.2, -0.15) is 0 Å². The molecule has 6 nitrogen and oxygen atoms in total. The van der Waals surface area contributed by atoms with Crippen LogP contribution in [0.5, 0.6) is 0 Å². The van der Waals surface area contributed by atoms with Crippen LogP contribution in [0.15, 0.2) is 54.6 Å². The molecule has 7 heteroatoms. The lowest BCUT2D eigenvalue weighted by Gasteiger charge is -2.30. The van der Waals surface area contributed by atoms with Crippen molar-refractivity contribution in [2.75, 3.05) is 12.4 Å². The van der Waals surface area contributed by atoms with E-state index in [9.17, 15) is 9.59 Å². The lowest BCUT2D eigenvalue weighted by Crippen LogP contribution is -2.40. The zero-order valence-electron chi connectivity index (χ0n) is 18.3. The number of nitrogens with one attached hydrogen (secondary N) is 2. The number of ether oxygens (including phenoxy) is 1. The monoisotopic (exact) mass is 453 g/mol. The van der Waals surface area contributed by atoms with E-state index >= 15 is 0 Å². The Kier molecular flexibility index (Phi) is 7.70. The van der Waals surface area contributed by atoms with Crippen molar-refractivity contribution in [1.29, 1.82) is 0 Å². The minimum Gasteiger partial charge on any atom is -0.465 e. The number of anilines is 1. The van der Waals surface area contributed by atoms with Gasteiger partial charge in [0, 0.05) is 23.0 Å². The van der Waals surface area contributed by atoms with E-state index < -0.39 is 5.97 Å². The molecule has 1 saturated carbocycles. The molecule has 1 heterocycles. The van der Waals surface area contributed by atoms with E-state index in [-0.39, 0.29) is 24.4 Å². The maximum atomic E-state index is 12.6. The van der Waals surface area contributed by atoms with Crippen LogP contribution in [0.4, 0.5) is 5.82 Å². The molecule has 3 aromatic rings. The molecule has 0 atom stereocenters. The Hall–Kier alpha value is -3.12. The van der Waals surface area contributed by atoms with Crippen molar-refractivity contribution < 1.29 is 14.3 Å². The highest BCUT2D eigenvalue weighted by molar-refractivity contribution is 5.98. The molecule has 0 saturated heterocycles. The first-order valence-electron chi connectivity index (χ1n) is 10.7. The van der Waals surface area contributed by atoms with Gasteiger partial charge in [0.1, 0.15) is 5.82 Å². The number of para-hydroxylation sites is 1. The minimum atomic E-state index is -0.446. The predicted octanol–water partition coefficient (Wildman–Crippen LogP) is 4.90. The Morgan fingerprint density at radius 2 is 1.62 bits per heavy atom. The van der Waals surface area contributed by atoms with E-state index in [1.54, 1.807) is 24.3 Å². The van der Waals surface area contributed by atoms with Gasteiger partial charge in [-0.15, -0.1) is 12.4 Å². The van der Waals surface area contributed by atoms with E-state index in [4.69, 9.17) is 9.72 Å². The summed E-state index contributed by atoms with van der Waals surface area (Å²) in [5, 5.41) is 7.85. The fraction of sp³-hybridized carbons (Fsp3) is 0.320. The quantitative estimate of drug-likeness (QED) is 0.537. The largest absolute Gasteiger partial charge is 0.465 e. The molecule has 168 valence electrons. The first-order chi connectivity index (χ1) is 15.0. The van der Waals surface area contributed by atoms with Gasteiger partial charge in [0.15, 0.2) is 0 Å². The second-order valence-electron chi connectivity index (χ2n) is 8.08.